The summed E-state index contributed by atoms with van der Waals surface area (Å²) in [5.41, 5.74) is 2.89. The minimum Gasteiger partial charge on any atom is -0.502 e. The molecule has 1 aliphatic rings. The van der Waals surface area contributed by atoms with Crippen molar-refractivity contribution < 1.29 is 14.6 Å². The lowest BCUT2D eigenvalue weighted by atomic mass is 10.1. The summed E-state index contributed by atoms with van der Waals surface area (Å²) in [5, 5.41) is 14.4. The van der Waals surface area contributed by atoms with Gasteiger partial charge in [-0.2, -0.15) is 0 Å². The predicted octanol–water partition coefficient (Wildman–Crippen LogP) is 1.95. The van der Waals surface area contributed by atoms with Crippen molar-refractivity contribution in [1.82, 2.24) is 9.97 Å². The number of aromatic nitrogens is 2. The van der Waals surface area contributed by atoms with Crippen molar-refractivity contribution >= 4 is 11.4 Å². The molecule has 2 N–H and O–H groups in total. The molecule has 1 aromatic carbocycles. The van der Waals surface area contributed by atoms with E-state index in [1.165, 1.54) is 26.1 Å². The van der Waals surface area contributed by atoms with Gasteiger partial charge in [-0.05, 0) is 43.9 Å². The van der Waals surface area contributed by atoms with Crippen LogP contribution in [0.1, 0.15) is 25.3 Å². The Kier molecular flexibility index (Phi) is 5.90. The normalized spacial score (nSPS) is 13.2. The van der Waals surface area contributed by atoms with Crippen molar-refractivity contribution in [2.24, 2.45) is 4.99 Å². The monoisotopic (exact) mass is 368 g/mol. The van der Waals surface area contributed by atoms with Crippen LogP contribution in [0.3, 0.4) is 0 Å². The number of anilines is 1. The van der Waals surface area contributed by atoms with Crippen molar-refractivity contribution in [2.75, 3.05) is 26.1 Å². The third-order valence-electron chi connectivity index (χ3n) is 4.49. The first-order chi connectivity index (χ1) is 13.1. The van der Waals surface area contributed by atoms with Crippen LogP contribution in [0.15, 0.2) is 35.7 Å². The largest absolute Gasteiger partial charge is 0.502 e. The van der Waals surface area contributed by atoms with E-state index in [1.54, 1.807) is 6.20 Å². The fourth-order valence-corrected chi connectivity index (χ4v) is 3.04. The van der Waals surface area contributed by atoms with Crippen LogP contribution in [-0.4, -0.2) is 35.8 Å². The molecule has 2 heterocycles. The number of hydrogen-bond donors (Lipinski definition) is 2. The Bertz CT molecular complexity index is 945. The molecule has 0 amide bonds. The maximum atomic E-state index is 10.0. The number of aromatic hydroxyl groups is 1. The molecule has 0 spiro atoms. The predicted molar refractivity (Wildman–Crippen MR) is 104 cm³/mol. The van der Waals surface area contributed by atoms with Gasteiger partial charge < -0.3 is 19.9 Å². The summed E-state index contributed by atoms with van der Waals surface area (Å²) in [6, 6.07) is 3.61. The number of benzene rings is 1. The van der Waals surface area contributed by atoms with Gasteiger partial charge in [0.1, 0.15) is 12.1 Å². The molecule has 142 valence electrons. The van der Waals surface area contributed by atoms with Crippen LogP contribution in [0, 0.1) is 0 Å². The quantitative estimate of drug-likeness (QED) is 0.810. The highest BCUT2D eigenvalue weighted by molar-refractivity contribution is 5.53. The molecule has 0 saturated heterocycles. The minimum absolute atomic E-state index is 0.00813. The van der Waals surface area contributed by atoms with Crippen molar-refractivity contribution in [3.63, 3.8) is 0 Å². The average molecular weight is 368 g/mol. The molecule has 1 aliphatic heterocycles. The Hall–Kier alpha value is -3.09. The van der Waals surface area contributed by atoms with E-state index in [0.717, 1.165) is 29.4 Å². The summed E-state index contributed by atoms with van der Waals surface area (Å²) in [5.74, 6) is 1.58. The second kappa shape index (κ2) is 8.53. The van der Waals surface area contributed by atoms with Gasteiger partial charge in [0.2, 0.25) is 5.75 Å². The smallest absolute Gasteiger partial charge is 0.200 e. The summed E-state index contributed by atoms with van der Waals surface area (Å²) in [4.78, 5) is 13.1. The van der Waals surface area contributed by atoms with E-state index in [4.69, 9.17) is 9.47 Å². The molecule has 2 aromatic rings. The first kappa shape index (κ1) is 18.7. The SMILES string of the molecule is COc1cc(CCNc2ncnc3c2=C(C)CCC=CN=3)cc(OC)c1O. The minimum atomic E-state index is 0.00813. The van der Waals surface area contributed by atoms with Crippen LogP contribution >= 0.6 is 0 Å². The number of phenolic OH excluding ortho intramolecular Hbond substituents is 1. The first-order valence-electron chi connectivity index (χ1n) is 8.85. The Balaban J connectivity index is 1.83. The van der Waals surface area contributed by atoms with Crippen molar-refractivity contribution in [3.8, 4) is 17.2 Å². The van der Waals surface area contributed by atoms with Crippen molar-refractivity contribution in [1.29, 1.82) is 0 Å². The van der Waals surface area contributed by atoms with Gasteiger partial charge in [0.15, 0.2) is 17.0 Å². The number of ether oxygens (including phenoxy) is 2. The molecule has 0 unspecified atom stereocenters. The van der Waals surface area contributed by atoms with Crippen LogP contribution < -0.4 is 25.5 Å². The fourth-order valence-electron chi connectivity index (χ4n) is 3.04. The summed E-state index contributed by atoms with van der Waals surface area (Å²) < 4.78 is 10.4. The number of nitrogens with zero attached hydrogens (tertiary/aromatic N) is 3. The molecule has 0 bridgehead atoms. The van der Waals surface area contributed by atoms with E-state index in [1.807, 2.05) is 18.2 Å². The second-order valence-corrected chi connectivity index (χ2v) is 6.28. The topological polar surface area (TPSA) is 88.9 Å². The van der Waals surface area contributed by atoms with Crippen LogP contribution in [-0.2, 0) is 6.42 Å². The van der Waals surface area contributed by atoms with Crippen molar-refractivity contribution in [2.45, 2.75) is 26.2 Å². The third kappa shape index (κ3) is 4.19. The molecule has 0 radical (unpaired) electrons. The fraction of sp³-hybridized carbons (Fsp3) is 0.350. The molecule has 0 saturated carbocycles. The molecule has 7 heteroatoms. The van der Waals surface area contributed by atoms with E-state index in [2.05, 4.69) is 27.2 Å². The van der Waals surface area contributed by atoms with E-state index in [-0.39, 0.29) is 5.75 Å². The molecule has 0 atom stereocenters. The maximum absolute atomic E-state index is 10.0. The van der Waals surface area contributed by atoms with Gasteiger partial charge in [-0.25, -0.2) is 15.0 Å². The van der Waals surface area contributed by atoms with E-state index in [0.29, 0.717) is 30.0 Å². The number of nitrogens with one attached hydrogen (secondary N) is 1. The molecular formula is C20H24N4O3. The van der Waals surface area contributed by atoms with Gasteiger partial charge in [-0.15, -0.1) is 0 Å². The zero-order chi connectivity index (χ0) is 19.2. The lowest BCUT2D eigenvalue weighted by Crippen LogP contribution is -2.34. The first-order valence-corrected chi connectivity index (χ1v) is 8.85. The van der Waals surface area contributed by atoms with Crippen LogP contribution in [0.25, 0.3) is 5.57 Å². The number of allylic oxidation sites excluding steroid dienone is 1. The lowest BCUT2D eigenvalue weighted by molar-refractivity contribution is 0.339. The summed E-state index contributed by atoms with van der Waals surface area (Å²) in [6.45, 7) is 2.75. The lowest BCUT2D eigenvalue weighted by Gasteiger charge is -2.12. The number of rotatable bonds is 6. The van der Waals surface area contributed by atoms with Gasteiger partial charge >= 0.3 is 0 Å². The highest BCUT2D eigenvalue weighted by atomic mass is 16.5. The molecular weight excluding hydrogens is 344 g/mol. The van der Waals surface area contributed by atoms with Crippen molar-refractivity contribution in [3.05, 3.63) is 47.0 Å². The van der Waals surface area contributed by atoms with Gasteiger partial charge in [0.05, 0.1) is 19.4 Å². The molecule has 27 heavy (non-hydrogen) atoms. The molecule has 7 nitrogen and oxygen atoms in total. The Labute approximate surface area is 158 Å². The number of methoxy groups -OCH3 is 2. The van der Waals surface area contributed by atoms with Crippen LogP contribution in [0.5, 0.6) is 17.2 Å². The molecule has 0 aliphatic carbocycles. The second-order valence-electron chi connectivity index (χ2n) is 6.28. The summed E-state index contributed by atoms with van der Waals surface area (Å²) >= 11 is 0. The number of hydrogen-bond acceptors (Lipinski definition) is 7. The maximum Gasteiger partial charge on any atom is 0.200 e. The van der Waals surface area contributed by atoms with E-state index in [9.17, 15) is 5.11 Å². The van der Waals surface area contributed by atoms with Gasteiger partial charge in [-0.3, -0.25) is 0 Å². The summed E-state index contributed by atoms with van der Waals surface area (Å²) in [6.07, 6.45) is 8.00. The van der Waals surface area contributed by atoms with Crippen LogP contribution in [0.2, 0.25) is 0 Å². The highest BCUT2D eigenvalue weighted by Crippen LogP contribution is 2.37. The number of fused-ring (bicyclic) bond motifs is 1. The molecule has 3 rings (SSSR count). The molecule has 1 aromatic heterocycles. The van der Waals surface area contributed by atoms with Gasteiger partial charge in [0.25, 0.3) is 0 Å². The van der Waals surface area contributed by atoms with Crippen LogP contribution in [0.4, 0.5) is 5.82 Å². The Morgan fingerprint density at radius 2 is 1.89 bits per heavy atom. The molecule has 0 fully saturated rings. The summed E-state index contributed by atoms with van der Waals surface area (Å²) in [7, 11) is 3.04. The zero-order valence-corrected chi connectivity index (χ0v) is 15.8. The Morgan fingerprint density at radius 1 is 1.15 bits per heavy atom. The van der Waals surface area contributed by atoms with Gasteiger partial charge in [0, 0.05) is 12.7 Å². The van der Waals surface area contributed by atoms with E-state index >= 15 is 0 Å². The zero-order valence-electron chi connectivity index (χ0n) is 15.8. The number of phenols is 1. The van der Waals surface area contributed by atoms with Gasteiger partial charge in [-0.1, -0.05) is 11.6 Å². The Morgan fingerprint density at radius 3 is 2.59 bits per heavy atom. The third-order valence-corrected chi connectivity index (χ3v) is 4.49. The standard InChI is InChI=1S/C20H24N4O3/c1-13-6-4-5-8-21-19-17(13)20(24-12-23-19)22-9-7-14-10-15(26-2)18(25)16(11-14)27-3/h5,8,10-12,25H,4,6-7,9H2,1-3H3,(H,21,22,23,24). The average Bonchev–Trinajstić information content (AvgIpc) is 2.67. The van der Waals surface area contributed by atoms with E-state index < -0.39 is 0 Å². The highest BCUT2D eigenvalue weighted by Gasteiger charge is 2.11.